The van der Waals surface area contributed by atoms with Gasteiger partial charge in [-0.2, -0.15) is 10.3 Å². The lowest BCUT2D eigenvalue weighted by atomic mass is 10.2. The van der Waals surface area contributed by atoms with E-state index < -0.39 is 5.82 Å². The Balaban J connectivity index is 1.94. The zero-order chi connectivity index (χ0) is 15.0. The number of nitrogens with two attached hydrogens (primary N) is 1. The molecule has 6 nitrogen and oxygen atoms in total. The maximum Gasteiger partial charge on any atom is 0.207 e. The number of pyridine rings is 1. The first kappa shape index (κ1) is 14.0. The summed E-state index contributed by atoms with van der Waals surface area (Å²) in [6, 6.07) is 4.33. The zero-order valence-electron chi connectivity index (χ0n) is 10.4. The maximum atomic E-state index is 13.8. The molecule has 1 aromatic carbocycles. The Morgan fingerprint density at radius 1 is 1.38 bits per heavy atom. The van der Waals surface area contributed by atoms with E-state index in [1.807, 2.05) is 0 Å². The Morgan fingerprint density at radius 3 is 3.00 bits per heavy atom. The molecule has 0 amide bonds. The fourth-order valence-corrected chi connectivity index (χ4v) is 2.37. The van der Waals surface area contributed by atoms with E-state index in [2.05, 4.69) is 36.3 Å². The van der Waals surface area contributed by atoms with Gasteiger partial charge in [-0.1, -0.05) is 11.6 Å². The van der Waals surface area contributed by atoms with E-state index in [9.17, 15) is 4.39 Å². The van der Waals surface area contributed by atoms with Gasteiger partial charge in [0.25, 0.3) is 0 Å². The molecule has 0 aliphatic rings. The van der Waals surface area contributed by atoms with Crippen LogP contribution in [-0.2, 0) is 6.61 Å². The van der Waals surface area contributed by atoms with Crippen molar-refractivity contribution >= 4 is 44.5 Å². The van der Waals surface area contributed by atoms with E-state index >= 15 is 0 Å². The third-order valence-corrected chi connectivity index (χ3v) is 4.11. The van der Waals surface area contributed by atoms with Crippen LogP contribution in [0.5, 0.6) is 5.75 Å². The minimum atomic E-state index is -0.457. The average Bonchev–Trinajstić information content (AvgIpc) is 2.91. The van der Waals surface area contributed by atoms with Crippen molar-refractivity contribution in [1.82, 2.24) is 20.4 Å². The number of ether oxygens (including phenoxy) is 1. The highest BCUT2D eigenvalue weighted by Gasteiger charge is 2.14. The van der Waals surface area contributed by atoms with Crippen molar-refractivity contribution in [2.24, 2.45) is 0 Å². The second kappa shape index (κ2) is 5.45. The highest BCUT2D eigenvalue weighted by molar-refractivity contribution is 9.10. The van der Waals surface area contributed by atoms with Crippen molar-refractivity contribution in [3.8, 4) is 5.75 Å². The Kier molecular flexibility index (Phi) is 3.64. The molecule has 9 heteroatoms. The number of benzene rings is 1. The van der Waals surface area contributed by atoms with Crippen molar-refractivity contribution in [3.05, 3.63) is 39.1 Å². The monoisotopic (exact) mass is 371 g/mol. The number of aromatic nitrogens is 4. The smallest absolute Gasteiger partial charge is 0.207 e. The van der Waals surface area contributed by atoms with E-state index in [1.165, 1.54) is 18.2 Å². The standard InChI is InChI=1S/C12H8BrClFN5O/c13-6-1-2-7(15)5(10(6)14)4-21-8-3-9(16)17-12-11(8)18-20-19-12/h1-3H,4H2,(H3,16,17,18,19,20). The number of anilines is 1. The van der Waals surface area contributed by atoms with Crippen LogP contribution in [0.1, 0.15) is 5.56 Å². The van der Waals surface area contributed by atoms with Gasteiger partial charge in [0.15, 0.2) is 11.3 Å². The SMILES string of the molecule is Nc1cc(OCc2c(F)ccc(Br)c2Cl)c2n[nH]nc2n1. The molecule has 3 N–H and O–H groups in total. The molecule has 3 rings (SSSR count). The van der Waals surface area contributed by atoms with Crippen LogP contribution in [0, 0.1) is 5.82 Å². The summed E-state index contributed by atoms with van der Waals surface area (Å²) in [4.78, 5) is 3.99. The van der Waals surface area contributed by atoms with Gasteiger partial charge in [-0.05, 0) is 28.1 Å². The number of rotatable bonds is 3. The molecule has 0 aliphatic heterocycles. The number of hydrogen-bond donors (Lipinski definition) is 2. The molecular formula is C12H8BrClFN5O. The van der Waals surface area contributed by atoms with Crippen LogP contribution < -0.4 is 10.5 Å². The molecule has 2 aromatic heterocycles. The molecule has 0 atom stereocenters. The molecule has 21 heavy (non-hydrogen) atoms. The molecule has 0 aliphatic carbocycles. The average molecular weight is 373 g/mol. The van der Waals surface area contributed by atoms with Gasteiger partial charge < -0.3 is 10.5 Å². The summed E-state index contributed by atoms with van der Waals surface area (Å²) >= 11 is 9.30. The molecule has 0 saturated heterocycles. The number of hydrogen-bond acceptors (Lipinski definition) is 5. The van der Waals surface area contributed by atoms with E-state index in [1.54, 1.807) is 0 Å². The van der Waals surface area contributed by atoms with Crippen LogP contribution >= 0.6 is 27.5 Å². The third-order valence-electron chi connectivity index (χ3n) is 2.79. The molecule has 2 heterocycles. The third kappa shape index (κ3) is 2.64. The summed E-state index contributed by atoms with van der Waals surface area (Å²) in [6.45, 7) is -0.0739. The van der Waals surface area contributed by atoms with Gasteiger partial charge in [0, 0.05) is 16.1 Å². The predicted octanol–water partition coefficient (Wildman–Crippen LogP) is 3.07. The van der Waals surface area contributed by atoms with Crippen LogP contribution in [0.2, 0.25) is 5.02 Å². The first-order chi connectivity index (χ1) is 10.1. The quantitative estimate of drug-likeness (QED) is 0.690. The van der Waals surface area contributed by atoms with Gasteiger partial charge in [-0.25, -0.2) is 9.37 Å². The topological polar surface area (TPSA) is 89.7 Å². The molecule has 0 saturated carbocycles. The van der Waals surface area contributed by atoms with Gasteiger partial charge in [0.2, 0.25) is 5.65 Å². The molecule has 0 fully saturated rings. The van der Waals surface area contributed by atoms with Crippen LogP contribution in [0.15, 0.2) is 22.7 Å². The first-order valence-corrected chi connectivity index (χ1v) is 6.95. The molecule has 0 radical (unpaired) electrons. The fraction of sp³-hybridized carbons (Fsp3) is 0.0833. The predicted molar refractivity (Wildman–Crippen MR) is 79.5 cm³/mol. The van der Waals surface area contributed by atoms with E-state index in [4.69, 9.17) is 22.1 Å². The summed E-state index contributed by atoms with van der Waals surface area (Å²) < 4.78 is 20.0. The summed E-state index contributed by atoms with van der Waals surface area (Å²) in [5.41, 5.74) is 6.63. The number of halogens is 3. The van der Waals surface area contributed by atoms with Crippen molar-refractivity contribution in [2.45, 2.75) is 6.61 Å². The summed E-state index contributed by atoms with van der Waals surface area (Å²) in [5.74, 6) is 0.121. The lowest BCUT2D eigenvalue weighted by molar-refractivity contribution is 0.303. The van der Waals surface area contributed by atoms with Gasteiger partial charge in [-0.15, -0.1) is 5.10 Å². The minimum absolute atomic E-state index is 0.0739. The van der Waals surface area contributed by atoms with Crippen molar-refractivity contribution in [2.75, 3.05) is 5.73 Å². The van der Waals surface area contributed by atoms with Crippen LogP contribution in [-0.4, -0.2) is 20.4 Å². The molecule has 108 valence electrons. The summed E-state index contributed by atoms with van der Waals surface area (Å²) in [7, 11) is 0. The van der Waals surface area contributed by atoms with Gasteiger partial charge in [0.1, 0.15) is 18.2 Å². The van der Waals surface area contributed by atoms with Crippen LogP contribution in [0.25, 0.3) is 11.2 Å². The van der Waals surface area contributed by atoms with E-state index in [-0.39, 0.29) is 23.0 Å². The lowest BCUT2D eigenvalue weighted by Crippen LogP contribution is -2.02. The normalized spacial score (nSPS) is 11.0. The Labute approximate surface area is 131 Å². The number of nitrogens with one attached hydrogen (secondary N) is 1. The number of nitrogens with zero attached hydrogens (tertiary/aromatic N) is 3. The van der Waals surface area contributed by atoms with Gasteiger partial charge in [-0.3, -0.25) is 0 Å². The zero-order valence-corrected chi connectivity index (χ0v) is 12.7. The first-order valence-electron chi connectivity index (χ1n) is 5.78. The minimum Gasteiger partial charge on any atom is -0.486 e. The molecule has 0 bridgehead atoms. The van der Waals surface area contributed by atoms with Gasteiger partial charge >= 0.3 is 0 Å². The fourth-order valence-electron chi connectivity index (χ4n) is 1.79. The summed E-state index contributed by atoms with van der Waals surface area (Å²) in [5, 5.41) is 10.4. The van der Waals surface area contributed by atoms with E-state index in [0.29, 0.717) is 21.4 Å². The van der Waals surface area contributed by atoms with Crippen molar-refractivity contribution in [1.29, 1.82) is 0 Å². The molecular weight excluding hydrogens is 365 g/mol. The summed E-state index contributed by atoms with van der Waals surface area (Å²) in [6.07, 6.45) is 0. The number of H-pyrrole nitrogens is 1. The van der Waals surface area contributed by atoms with Crippen molar-refractivity contribution in [3.63, 3.8) is 0 Å². The van der Waals surface area contributed by atoms with Crippen LogP contribution in [0.3, 0.4) is 0 Å². The largest absolute Gasteiger partial charge is 0.486 e. The Hall–Kier alpha value is -1.93. The lowest BCUT2D eigenvalue weighted by Gasteiger charge is -2.10. The Bertz CT molecular complexity index is 825. The molecule has 0 unspecified atom stereocenters. The van der Waals surface area contributed by atoms with Crippen molar-refractivity contribution < 1.29 is 9.13 Å². The highest BCUT2D eigenvalue weighted by Crippen LogP contribution is 2.30. The highest BCUT2D eigenvalue weighted by atomic mass is 79.9. The maximum absolute atomic E-state index is 13.8. The molecule has 3 aromatic rings. The number of fused-ring (bicyclic) bond motifs is 1. The number of nitrogen functional groups attached to an aromatic ring is 1. The Morgan fingerprint density at radius 2 is 2.19 bits per heavy atom. The second-order valence-electron chi connectivity index (χ2n) is 4.15. The second-order valence-corrected chi connectivity index (χ2v) is 5.38. The molecule has 0 spiro atoms. The van der Waals surface area contributed by atoms with Gasteiger partial charge in [0.05, 0.1) is 5.02 Å². The van der Waals surface area contributed by atoms with Crippen LogP contribution in [0.4, 0.5) is 10.2 Å². The number of aromatic amines is 1. The van der Waals surface area contributed by atoms with E-state index in [0.717, 1.165) is 0 Å².